The van der Waals surface area contributed by atoms with E-state index in [9.17, 15) is 9.59 Å². The standard InChI is InChI=1S/C17H11NO3/c18-11-13-7-5-12(6-8-13)9-10-16(19)14-3-1-2-4-15(14)17(20)21/h1-10H,(H,20,21). The Morgan fingerprint density at radius 1 is 1.00 bits per heavy atom. The van der Waals surface area contributed by atoms with E-state index < -0.39 is 5.97 Å². The van der Waals surface area contributed by atoms with Gasteiger partial charge in [-0.3, -0.25) is 4.79 Å². The third-order valence-corrected chi connectivity index (χ3v) is 2.89. The summed E-state index contributed by atoms with van der Waals surface area (Å²) >= 11 is 0. The van der Waals surface area contributed by atoms with Gasteiger partial charge in [0.2, 0.25) is 0 Å². The van der Waals surface area contributed by atoms with Crippen LogP contribution in [0.3, 0.4) is 0 Å². The van der Waals surface area contributed by atoms with Crippen molar-refractivity contribution in [3.05, 3.63) is 76.9 Å². The third kappa shape index (κ3) is 3.43. The molecule has 1 N–H and O–H groups in total. The van der Waals surface area contributed by atoms with E-state index in [1.807, 2.05) is 6.07 Å². The van der Waals surface area contributed by atoms with Crippen molar-refractivity contribution < 1.29 is 14.7 Å². The van der Waals surface area contributed by atoms with Crippen LogP contribution < -0.4 is 0 Å². The Morgan fingerprint density at radius 2 is 1.62 bits per heavy atom. The molecule has 0 saturated carbocycles. The zero-order chi connectivity index (χ0) is 15.2. The van der Waals surface area contributed by atoms with Crippen molar-refractivity contribution in [3.8, 4) is 6.07 Å². The Labute approximate surface area is 121 Å². The quantitative estimate of drug-likeness (QED) is 0.687. The van der Waals surface area contributed by atoms with Crippen molar-refractivity contribution in [1.29, 1.82) is 5.26 Å². The number of hydrogen-bond acceptors (Lipinski definition) is 3. The minimum absolute atomic E-state index is 0.0213. The zero-order valence-electron chi connectivity index (χ0n) is 11.0. The molecular weight excluding hydrogens is 266 g/mol. The van der Waals surface area contributed by atoms with Crippen LogP contribution in [0.4, 0.5) is 0 Å². The van der Waals surface area contributed by atoms with Crippen LogP contribution in [0.1, 0.15) is 31.8 Å². The van der Waals surface area contributed by atoms with Crippen molar-refractivity contribution in [2.24, 2.45) is 0 Å². The number of carboxylic acids is 1. The lowest BCUT2D eigenvalue weighted by atomic mass is 10.0. The molecule has 2 rings (SSSR count). The third-order valence-electron chi connectivity index (χ3n) is 2.89. The molecular formula is C17H11NO3. The molecule has 0 spiro atoms. The molecule has 2 aromatic carbocycles. The molecule has 2 aromatic rings. The van der Waals surface area contributed by atoms with Gasteiger partial charge in [-0.1, -0.05) is 36.4 Å². The summed E-state index contributed by atoms with van der Waals surface area (Å²) in [5, 5.41) is 17.8. The largest absolute Gasteiger partial charge is 0.478 e. The fraction of sp³-hybridized carbons (Fsp3) is 0. The van der Waals surface area contributed by atoms with Crippen molar-refractivity contribution in [2.45, 2.75) is 0 Å². The average Bonchev–Trinajstić information content (AvgIpc) is 2.53. The Balaban J connectivity index is 2.23. The Kier molecular flexibility index (Phi) is 4.27. The maximum absolute atomic E-state index is 12.1. The topological polar surface area (TPSA) is 78.2 Å². The molecule has 4 heteroatoms. The van der Waals surface area contributed by atoms with E-state index in [0.29, 0.717) is 5.56 Å². The SMILES string of the molecule is N#Cc1ccc(C=CC(=O)c2ccccc2C(=O)O)cc1. The number of allylic oxidation sites excluding steroid dienone is 1. The highest BCUT2D eigenvalue weighted by Gasteiger charge is 2.13. The summed E-state index contributed by atoms with van der Waals surface area (Å²) in [6.07, 6.45) is 2.91. The summed E-state index contributed by atoms with van der Waals surface area (Å²) in [5.74, 6) is -1.51. The number of benzene rings is 2. The minimum Gasteiger partial charge on any atom is -0.478 e. The van der Waals surface area contributed by atoms with Gasteiger partial charge in [0.05, 0.1) is 17.2 Å². The van der Waals surface area contributed by atoms with Gasteiger partial charge in [-0.25, -0.2) is 4.79 Å². The van der Waals surface area contributed by atoms with Gasteiger partial charge in [0.1, 0.15) is 0 Å². The summed E-state index contributed by atoms with van der Waals surface area (Å²) in [4.78, 5) is 23.1. The highest BCUT2D eigenvalue weighted by molar-refractivity contribution is 6.12. The van der Waals surface area contributed by atoms with E-state index in [1.54, 1.807) is 42.5 Å². The molecule has 0 unspecified atom stereocenters. The molecule has 0 bridgehead atoms. The predicted molar refractivity (Wildman–Crippen MR) is 77.9 cm³/mol. The monoisotopic (exact) mass is 277 g/mol. The second-order valence-corrected chi connectivity index (χ2v) is 4.28. The van der Waals surface area contributed by atoms with Crippen LogP contribution in [0, 0.1) is 11.3 Å². The van der Waals surface area contributed by atoms with E-state index in [0.717, 1.165) is 5.56 Å². The van der Waals surface area contributed by atoms with Gasteiger partial charge in [-0.15, -0.1) is 0 Å². The van der Waals surface area contributed by atoms with Crippen LogP contribution in [0.2, 0.25) is 0 Å². The Morgan fingerprint density at radius 3 is 2.19 bits per heavy atom. The molecule has 21 heavy (non-hydrogen) atoms. The summed E-state index contributed by atoms with van der Waals surface area (Å²) in [5.41, 5.74) is 1.42. The number of carboxylic acid groups (broad SMARTS) is 1. The summed E-state index contributed by atoms with van der Waals surface area (Å²) in [6, 6.07) is 14.8. The van der Waals surface area contributed by atoms with Crippen LogP contribution >= 0.6 is 0 Å². The fourth-order valence-corrected chi connectivity index (χ4v) is 1.81. The average molecular weight is 277 g/mol. The number of carbonyl (C=O) groups excluding carboxylic acids is 1. The van der Waals surface area contributed by atoms with Crippen LogP contribution in [0.25, 0.3) is 6.08 Å². The molecule has 4 nitrogen and oxygen atoms in total. The van der Waals surface area contributed by atoms with Crippen molar-refractivity contribution in [3.63, 3.8) is 0 Å². The van der Waals surface area contributed by atoms with Crippen molar-refractivity contribution in [1.82, 2.24) is 0 Å². The van der Waals surface area contributed by atoms with E-state index in [4.69, 9.17) is 10.4 Å². The molecule has 0 heterocycles. The number of carbonyl (C=O) groups is 2. The maximum atomic E-state index is 12.1. The fourth-order valence-electron chi connectivity index (χ4n) is 1.81. The van der Waals surface area contributed by atoms with Crippen molar-refractivity contribution in [2.75, 3.05) is 0 Å². The molecule has 102 valence electrons. The number of aromatic carboxylic acids is 1. The highest BCUT2D eigenvalue weighted by Crippen LogP contribution is 2.12. The number of hydrogen-bond donors (Lipinski definition) is 1. The molecule has 0 aromatic heterocycles. The maximum Gasteiger partial charge on any atom is 0.336 e. The van der Waals surface area contributed by atoms with E-state index in [-0.39, 0.29) is 16.9 Å². The molecule has 0 aliphatic carbocycles. The Bertz CT molecular complexity index is 752. The number of nitriles is 1. The van der Waals surface area contributed by atoms with Gasteiger partial charge >= 0.3 is 5.97 Å². The zero-order valence-corrected chi connectivity index (χ0v) is 11.0. The summed E-state index contributed by atoms with van der Waals surface area (Å²) < 4.78 is 0. The minimum atomic E-state index is -1.13. The first-order valence-corrected chi connectivity index (χ1v) is 6.16. The molecule has 0 atom stereocenters. The number of rotatable bonds is 4. The molecule has 0 aliphatic rings. The first kappa shape index (κ1) is 14.2. The second-order valence-electron chi connectivity index (χ2n) is 4.28. The van der Waals surface area contributed by atoms with Gasteiger partial charge < -0.3 is 5.11 Å². The van der Waals surface area contributed by atoms with E-state index >= 15 is 0 Å². The molecule has 0 saturated heterocycles. The van der Waals surface area contributed by atoms with E-state index in [1.165, 1.54) is 18.2 Å². The van der Waals surface area contributed by atoms with Gasteiger partial charge in [-0.05, 0) is 29.8 Å². The molecule has 0 aliphatic heterocycles. The lowest BCUT2D eigenvalue weighted by Gasteiger charge is -2.01. The van der Waals surface area contributed by atoms with Crippen molar-refractivity contribution >= 4 is 17.8 Å². The first-order valence-electron chi connectivity index (χ1n) is 6.16. The van der Waals surface area contributed by atoms with Crippen LogP contribution in [-0.4, -0.2) is 16.9 Å². The van der Waals surface area contributed by atoms with Crippen LogP contribution in [-0.2, 0) is 0 Å². The second kappa shape index (κ2) is 6.31. The highest BCUT2D eigenvalue weighted by atomic mass is 16.4. The predicted octanol–water partition coefficient (Wildman–Crippen LogP) is 3.15. The lowest BCUT2D eigenvalue weighted by molar-refractivity contribution is 0.0693. The van der Waals surface area contributed by atoms with Crippen LogP contribution in [0.15, 0.2) is 54.6 Å². The Hall–Kier alpha value is -3.19. The van der Waals surface area contributed by atoms with Gasteiger partial charge in [-0.2, -0.15) is 5.26 Å². The smallest absolute Gasteiger partial charge is 0.336 e. The van der Waals surface area contributed by atoms with Gasteiger partial charge in [0, 0.05) is 5.56 Å². The summed E-state index contributed by atoms with van der Waals surface area (Å²) in [7, 11) is 0. The van der Waals surface area contributed by atoms with Gasteiger partial charge in [0.25, 0.3) is 0 Å². The summed E-state index contributed by atoms with van der Waals surface area (Å²) in [6.45, 7) is 0. The first-order chi connectivity index (χ1) is 10.1. The van der Waals surface area contributed by atoms with Crippen LogP contribution in [0.5, 0.6) is 0 Å². The molecule has 0 fully saturated rings. The normalized spacial score (nSPS) is 10.2. The number of nitrogens with zero attached hydrogens (tertiary/aromatic N) is 1. The molecule has 0 amide bonds. The van der Waals surface area contributed by atoms with Gasteiger partial charge in [0.15, 0.2) is 5.78 Å². The lowest BCUT2D eigenvalue weighted by Crippen LogP contribution is -2.06. The van der Waals surface area contributed by atoms with E-state index in [2.05, 4.69) is 0 Å². The molecule has 0 radical (unpaired) electrons. The number of ketones is 1.